The Kier molecular flexibility index (Phi) is 7.68. The molecule has 4 N–H and O–H groups in total. The monoisotopic (exact) mass is 563 g/mol. The second-order valence-electron chi connectivity index (χ2n) is 11.8. The van der Waals surface area contributed by atoms with Gasteiger partial charge in [-0.15, -0.1) is 0 Å². The van der Waals surface area contributed by atoms with Gasteiger partial charge in [-0.1, -0.05) is 0 Å². The molecule has 1 aliphatic carbocycles. The number of nitrogens with one attached hydrogen (secondary N) is 3. The molecule has 0 spiro atoms. The molecule has 12 heteroatoms. The third kappa shape index (κ3) is 6.01. The lowest BCUT2D eigenvalue weighted by molar-refractivity contribution is -0.157. The fourth-order valence-electron chi connectivity index (χ4n) is 4.91. The molecule has 2 fully saturated rings. The van der Waals surface area contributed by atoms with Crippen LogP contribution in [-0.2, 0) is 9.53 Å². The summed E-state index contributed by atoms with van der Waals surface area (Å²) in [6.45, 7) is 5.68. The van der Waals surface area contributed by atoms with Gasteiger partial charge in [0.25, 0.3) is 5.91 Å². The van der Waals surface area contributed by atoms with Gasteiger partial charge in [0, 0.05) is 18.8 Å². The molecule has 3 aromatic heterocycles. The maximum Gasteiger partial charge on any atom is 0.255 e. The molecule has 1 saturated heterocycles. The molecule has 1 unspecified atom stereocenters. The first-order chi connectivity index (χ1) is 19.5. The van der Waals surface area contributed by atoms with Crippen molar-refractivity contribution in [3.63, 3.8) is 0 Å². The number of anilines is 1. The Morgan fingerprint density at radius 1 is 1.27 bits per heavy atom. The number of amides is 2. The van der Waals surface area contributed by atoms with Gasteiger partial charge in [-0.3, -0.25) is 14.6 Å². The largest absolute Gasteiger partial charge is 0.387 e. The van der Waals surface area contributed by atoms with Crippen molar-refractivity contribution in [2.75, 3.05) is 31.6 Å². The quantitative estimate of drug-likeness (QED) is 0.293. The number of nitrogens with zero attached hydrogens (tertiary/aromatic N) is 4. The second-order valence-corrected chi connectivity index (χ2v) is 11.8. The van der Waals surface area contributed by atoms with Crippen LogP contribution in [0.15, 0.2) is 36.7 Å². The van der Waals surface area contributed by atoms with Crippen LogP contribution in [0.1, 0.15) is 49.5 Å². The van der Waals surface area contributed by atoms with Crippen molar-refractivity contribution < 1.29 is 23.8 Å². The number of alkyl halides is 1. The SMILES string of the molecule is CC1(C(=O)NCC2CC(Nc3cc(-c4ccc5cc(C#N)cnn45)ncc3C(=O)NCC(F)C(C)(C)O)C2)COC1. The van der Waals surface area contributed by atoms with Gasteiger partial charge in [-0.2, -0.15) is 10.4 Å². The smallest absolute Gasteiger partial charge is 0.255 e. The summed E-state index contributed by atoms with van der Waals surface area (Å²) in [5.41, 5.74) is 1.12. The van der Waals surface area contributed by atoms with Crippen molar-refractivity contribution in [1.82, 2.24) is 25.2 Å². The Hall–Kier alpha value is -4.08. The molecule has 5 rings (SSSR count). The molecule has 1 saturated carbocycles. The molecule has 2 aliphatic rings. The minimum Gasteiger partial charge on any atom is -0.387 e. The van der Waals surface area contributed by atoms with Crippen LogP contribution in [0.25, 0.3) is 16.9 Å². The summed E-state index contributed by atoms with van der Waals surface area (Å²) in [6, 6.07) is 9.28. The van der Waals surface area contributed by atoms with Crippen molar-refractivity contribution in [3.8, 4) is 17.5 Å². The molecule has 0 bridgehead atoms. The summed E-state index contributed by atoms with van der Waals surface area (Å²) >= 11 is 0. The van der Waals surface area contributed by atoms with Gasteiger partial charge < -0.3 is 25.8 Å². The molecule has 1 atom stereocenters. The number of ether oxygens (including phenoxy) is 1. The van der Waals surface area contributed by atoms with E-state index in [1.54, 1.807) is 16.6 Å². The van der Waals surface area contributed by atoms with Gasteiger partial charge in [-0.05, 0) is 63.8 Å². The van der Waals surface area contributed by atoms with Crippen molar-refractivity contribution in [1.29, 1.82) is 5.26 Å². The summed E-state index contributed by atoms with van der Waals surface area (Å²) in [5, 5.41) is 32.5. The third-order valence-corrected chi connectivity index (χ3v) is 7.78. The van der Waals surface area contributed by atoms with Gasteiger partial charge in [0.05, 0.1) is 70.7 Å². The molecular formula is C29H34FN7O4. The normalized spacial score (nSPS) is 20.3. The summed E-state index contributed by atoms with van der Waals surface area (Å²) in [6.07, 6.45) is 2.85. The Morgan fingerprint density at radius 2 is 2.02 bits per heavy atom. The minimum absolute atomic E-state index is 0.00467. The molecule has 0 radical (unpaired) electrons. The van der Waals surface area contributed by atoms with Crippen LogP contribution in [0.4, 0.5) is 10.1 Å². The zero-order valence-electron chi connectivity index (χ0n) is 23.3. The zero-order valence-corrected chi connectivity index (χ0v) is 23.3. The maximum absolute atomic E-state index is 14.3. The number of aromatic nitrogens is 3. The van der Waals surface area contributed by atoms with Gasteiger partial charge in [-0.25, -0.2) is 8.91 Å². The Morgan fingerprint density at radius 3 is 2.68 bits per heavy atom. The second kappa shape index (κ2) is 11.1. The predicted molar refractivity (Wildman–Crippen MR) is 149 cm³/mol. The lowest BCUT2D eigenvalue weighted by Crippen LogP contribution is -2.53. The van der Waals surface area contributed by atoms with E-state index in [1.165, 1.54) is 26.2 Å². The fourth-order valence-corrected chi connectivity index (χ4v) is 4.91. The summed E-state index contributed by atoms with van der Waals surface area (Å²) in [7, 11) is 0. The van der Waals surface area contributed by atoms with Gasteiger partial charge in [0.15, 0.2) is 0 Å². The number of pyridine rings is 1. The van der Waals surface area contributed by atoms with Crippen LogP contribution in [0.3, 0.4) is 0 Å². The van der Waals surface area contributed by atoms with E-state index >= 15 is 0 Å². The maximum atomic E-state index is 14.3. The average molecular weight is 564 g/mol. The molecule has 2 amide bonds. The number of rotatable bonds is 10. The number of hydrogen-bond donors (Lipinski definition) is 4. The molecule has 0 aromatic carbocycles. The third-order valence-electron chi connectivity index (χ3n) is 7.78. The Bertz CT molecular complexity index is 1500. The lowest BCUT2D eigenvalue weighted by Gasteiger charge is -2.39. The van der Waals surface area contributed by atoms with Crippen LogP contribution in [0.5, 0.6) is 0 Å². The average Bonchev–Trinajstić information content (AvgIpc) is 3.33. The molecule has 3 aromatic rings. The molecule has 4 heterocycles. The van der Waals surface area contributed by atoms with E-state index in [2.05, 4.69) is 32.1 Å². The molecule has 41 heavy (non-hydrogen) atoms. The van der Waals surface area contributed by atoms with E-state index in [0.717, 1.165) is 18.4 Å². The summed E-state index contributed by atoms with van der Waals surface area (Å²) in [5.74, 6) is -0.216. The van der Waals surface area contributed by atoms with E-state index in [9.17, 15) is 24.3 Å². The van der Waals surface area contributed by atoms with Crippen LogP contribution in [0, 0.1) is 22.7 Å². The van der Waals surface area contributed by atoms with Gasteiger partial charge >= 0.3 is 0 Å². The van der Waals surface area contributed by atoms with E-state index in [1.807, 2.05) is 19.1 Å². The van der Waals surface area contributed by atoms with E-state index in [0.29, 0.717) is 48.3 Å². The number of aliphatic hydroxyl groups is 1. The van der Waals surface area contributed by atoms with Crippen LogP contribution >= 0.6 is 0 Å². The first-order valence-electron chi connectivity index (χ1n) is 13.6. The number of carbonyl (C=O) groups excluding carboxylic acids is 2. The van der Waals surface area contributed by atoms with Crippen molar-refractivity contribution >= 4 is 23.0 Å². The first-order valence-corrected chi connectivity index (χ1v) is 13.6. The van der Waals surface area contributed by atoms with Crippen molar-refractivity contribution in [3.05, 3.63) is 47.8 Å². The van der Waals surface area contributed by atoms with Gasteiger partial charge in [0.1, 0.15) is 12.2 Å². The minimum atomic E-state index is -1.65. The predicted octanol–water partition coefficient (Wildman–Crippen LogP) is 2.45. The molecular weight excluding hydrogens is 529 g/mol. The highest BCUT2D eigenvalue weighted by Crippen LogP contribution is 2.33. The van der Waals surface area contributed by atoms with Crippen molar-refractivity contribution in [2.45, 2.75) is 51.4 Å². The van der Waals surface area contributed by atoms with Crippen molar-refractivity contribution in [2.24, 2.45) is 11.3 Å². The number of halogens is 1. The highest BCUT2D eigenvalue weighted by Gasteiger charge is 2.41. The Balaban J connectivity index is 1.32. The van der Waals surface area contributed by atoms with E-state index in [-0.39, 0.29) is 24.1 Å². The highest BCUT2D eigenvalue weighted by molar-refractivity contribution is 6.00. The Labute approximate surface area is 237 Å². The fraction of sp³-hybridized carbons (Fsp3) is 0.483. The number of carbonyl (C=O) groups is 2. The van der Waals surface area contributed by atoms with Crippen LogP contribution in [0.2, 0.25) is 0 Å². The lowest BCUT2D eigenvalue weighted by atomic mass is 9.79. The van der Waals surface area contributed by atoms with E-state index < -0.39 is 23.1 Å². The van der Waals surface area contributed by atoms with Crippen LogP contribution < -0.4 is 16.0 Å². The standard InChI is InChI=1S/C29H34FN7O4/c1-28(2,40)25(30)14-33-26(38)21-13-32-23(24-5-4-20-8-18(10-31)12-35-37(20)24)9-22(21)36-19-6-17(7-19)11-34-27(39)29(3)15-41-16-29/h4-5,8-9,12-13,17,19,25,40H,6-7,11,14-16H2,1-3H3,(H,32,36)(H,33,38)(H,34,39). The molecule has 1 aliphatic heterocycles. The highest BCUT2D eigenvalue weighted by atomic mass is 19.1. The number of fused-ring (bicyclic) bond motifs is 1. The number of nitriles is 1. The summed E-state index contributed by atoms with van der Waals surface area (Å²) < 4.78 is 21.2. The zero-order chi connectivity index (χ0) is 29.4. The van der Waals surface area contributed by atoms with Gasteiger partial charge in [0.2, 0.25) is 5.91 Å². The first kappa shape index (κ1) is 28.4. The topological polar surface area (TPSA) is 154 Å². The van der Waals surface area contributed by atoms with E-state index in [4.69, 9.17) is 4.74 Å². The molecule has 216 valence electrons. The van der Waals surface area contributed by atoms with Crippen LogP contribution in [-0.4, -0.2) is 75.6 Å². The number of hydrogen-bond acceptors (Lipinski definition) is 8. The molecule has 11 nitrogen and oxygen atoms in total. The summed E-state index contributed by atoms with van der Waals surface area (Å²) in [4.78, 5) is 30.0.